The van der Waals surface area contributed by atoms with Crippen molar-refractivity contribution in [1.82, 2.24) is 4.98 Å². The molecule has 1 N–H and O–H groups in total. The Hall–Kier alpha value is -1.33. The summed E-state index contributed by atoms with van der Waals surface area (Å²) in [5.74, 6) is 0.818. The van der Waals surface area contributed by atoms with E-state index < -0.39 is 6.10 Å². The van der Waals surface area contributed by atoms with Crippen LogP contribution >= 0.6 is 11.8 Å². The quantitative estimate of drug-likeness (QED) is 0.875. The largest absolute Gasteiger partial charge is 0.447 e. The van der Waals surface area contributed by atoms with Gasteiger partial charge >= 0.3 is 0 Å². The molecular formula is C14H17NO3S. The number of hydrogen-bond donors (Lipinski definition) is 1. The van der Waals surface area contributed by atoms with E-state index in [1.165, 1.54) is 11.8 Å². The van der Waals surface area contributed by atoms with Gasteiger partial charge < -0.3 is 9.52 Å². The van der Waals surface area contributed by atoms with E-state index in [9.17, 15) is 9.90 Å². The molecule has 1 unspecified atom stereocenters. The monoisotopic (exact) mass is 279 g/mol. The minimum absolute atomic E-state index is 0.0513. The smallest absolute Gasteiger partial charge is 0.196 e. The first-order chi connectivity index (χ1) is 8.95. The van der Waals surface area contributed by atoms with Gasteiger partial charge in [-0.15, -0.1) is 0 Å². The molecule has 2 rings (SSSR count). The SMILES string of the molecule is CCSc1oc2c(C(C)O)nc(C)cc2c(=O)c1C. The van der Waals surface area contributed by atoms with Crippen LogP contribution in [0.2, 0.25) is 0 Å². The summed E-state index contributed by atoms with van der Waals surface area (Å²) in [4.78, 5) is 16.6. The first-order valence-electron chi connectivity index (χ1n) is 6.21. The first-order valence-corrected chi connectivity index (χ1v) is 7.20. The van der Waals surface area contributed by atoms with Crippen molar-refractivity contribution in [2.75, 3.05) is 5.75 Å². The van der Waals surface area contributed by atoms with Crippen LogP contribution in [0.1, 0.15) is 36.9 Å². The van der Waals surface area contributed by atoms with Crippen LogP contribution in [0.5, 0.6) is 0 Å². The van der Waals surface area contributed by atoms with Gasteiger partial charge in [0.2, 0.25) is 0 Å². The Balaban J connectivity index is 2.88. The van der Waals surface area contributed by atoms with Crippen LogP contribution in [0.25, 0.3) is 11.0 Å². The third-order valence-electron chi connectivity index (χ3n) is 2.88. The minimum atomic E-state index is -0.771. The summed E-state index contributed by atoms with van der Waals surface area (Å²) in [5, 5.41) is 10.9. The lowest BCUT2D eigenvalue weighted by molar-refractivity contribution is 0.194. The Bertz CT molecular complexity index is 676. The summed E-state index contributed by atoms with van der Waals surface area (Å²) < 4.78 is 5.80. The van der Waals surface area contributed by atoms with Crippen molar-refractivity contribution in [1.29, 1.82) is 0 Å². The topological polar surface area (TPSA) is 63.3 Å². The van der Waals surface area contributed by atoms with Crippen molar-refractivity contribution >= 4 is 22.7 Å². The Morgan fingerprint density at radius 2 is 2.16 bits per heavy atom. The van der Waals surface area contributed by atoms with Crippen molar-refractivity contribution in [2.45, 2.75) is 38.9 Å². The minimum Gasteiger partial charge on any atom is -0.447 e. The van der Waals surface area contributed by atoms with Crippen LogP contribution in [-0.2, 0) is 0 Å². The predicted molar refractivity (Wildman–Crippen MR) is 76.8 cm³/mol. The summed E-state index contributed by atoms with van der Waals surface area (Å²) in [6.45, 7) is 7.18. The van der Waals surface area contributed by atoms with E-state index in [4.69, 9.17) is 4.42 Å². The molecule has 19 heavy (non-hydrogen) atoms. The van der Waals surface area contributed by atoms with Crippen molar-refractivity contribution in [3.63, 3.8) is 0 Å². The van der Waals surface area contributed by atoms with Crippen LogP contribution in [0.15, 0.2) is 20.4 Å². The molecule has 102 valence electrons. The summed E-state index contributed by atoms with van der Waals surface area (Å²) in [5.41, 5.74) is 2.08. The van der Waals surface area contributed by atoms with Gasteiger partial charge in [0.05, 0.1) is 11.5 Å². The van der Waals surface area contributed by atoms with Crippen LogP contribution in [0.4, 0.5) is 0 Å². The number of aliphatic hydroxyl groups is 1. The summed E-state index contributed by atoms with van der Waals surface area (Å²) >= 11 is 1.48. The van der Waals surface area contributed by atoms with E-state index in [-0.39, 0.29) is 5.43 Å². The summed E-state index contributed by atoms with van der Waals surface area (Å²) in [6, 6.07) is 1.71. The Labute approximate surface area is 115 Å². The molecule has 4 nitrogen and oxygen atoms in total. The zero-order valence-corrected chi connectivity index (χ0v) is 12.3. The molecule has 2 aromatic heterocycles. The average Bonchev–Trinajstić information content (AvgIpc) is 2.36. The highest BCUT2D eigenvalue weighted by molar-refractivity contribution is 7.99. The van der Waals surface area contributed by atoms with Gasteiger partial charge in [0, 0.05) is 11.3 Å². The Morgan fingerprint density at radius 3 is 2.74 bits per heavy atom. The first kappa shape index (κ1) is 14.1. The van der Waals surface area contributed by atoms with Crippen molar-refractivity contribution < 1.29 is 9.52 Å². The number of rotatable bonds is 3. The van der Waals surface area contributed by atoms with Gasteiger partial charge in [-0.1, -0.05) is 18.7 Å². The highest BCUT2D eigenvalue weighted by atomic mass is 32.2. The highest BCUT2D eigenvalue weighted by Gasteiger charge is 2.17. The molecule has 1 atom stereocenters. The lowest BCUT2D eigenvalue weighted by Gasteiger charge is -2.11. The van der Waals surface area contributed by atoms with E-state index in [2.05, 4.69) is 4.98 Å². The number of fused-ring (bicyclic) bond motifs is 1. The molecule has 0 radical (unpaired) electrons. The van der Waals surface area contributed by atoms with E-state index in [0.29, 0.717) is 33.0 Å². The maximum atomic E-state index is 12.4. The Kier molecular flexibility index (Phi) is 3.96. The maximum absolute atomic E-state index is 12.4. The third kappa shape index (κ3) is 2.53. The predicted octanol–water partition coefficient (Wildman–Crippen LogP) is 2.97. The van der Waals surface area contributed by atoms with Gasteiger partial charge in [-0.05, 0) is 32.6 Å². The second kappa shape index (κ2) is 5.35. The fourth-order valence-electron chi connectivity index (χ4n) is 1.98. The molecule has 0 saturated heterocycles. The molecule has 0 aromatic carbocycles. The number of pyridine rings is 1. The number of thioether (sulfide) groups is 1. The number of aliphatic hydroxyl groups excluding tert-OH is 1. The maximum Gasteiger partial charge on any atom is 0.196 e. The summed E-state index contributed by atoms with van der Waals surface area (Å²) in [7, 11) is 0. The summed E-state index contributed by atoms with van der Waals surface area (Å²) in [6.07, 6.45) is -0.771. The number of hydrogen-bond acceptors (Lipinski definition) is 5. The number of aromatic nitrogens is 1. The Morgan fingerprint density at radius 1 is 1.47 bits per heavy atom. The van der Waals surface area contributed by atoms with E-state index in [0.717, 1.165) is 5.75 Å². The van der Waals surface area contributed by atoms with Crippen molar-refractivity contribution in [3.05, 3.63) is 33.2 Å². The fraction of sp³-hybridized carbons (Fsp3) is 0.429. The van der Waals surface area contributed by atoms with E-state index >= 15 is 0 Å². The van der Waals surface area contributed by atoms with Crippen LogP contribution in [-0.4, -0.2) is 15.8 Å². The second-order valence-corrected chi connectivity index (χ2v) is 5.72. The molecule has 0 aliphatic carbocycles. The van der Waals surface area contributed by atoms with Gasteiger partial charge in [-0.2, -0.15) is 0 Å². The molecule has 5 heteroatoms. The molecule has 2 heterocycles. The lowest BCUT2D eigenvalue weighted by Crippen LogP contribution is -2.10. The zero-order valence-electron chi connectivity index (χ0n) is 11.5. The van der Waals surface area contributed by atoms with E-state index in [1.54, 1.807) is 26.8 Å². The fourth-order valence-corrected chi connectivity index (χ4v) is 2.69. The molecular weight excluding hydrogens is 262 g/mol. The molecule has 0 saturated carbocycles. The number of nitrogens with zero attached hydrogens (tertiary/aromatic N) is 1. The van der Waals surface area contributed by atoms with Crippen LogP contribution < -0.4 is 5.43 Å². The normalized spacial score (nSPS) is 12.9. The van der Waals surface area contributed by atoms with Gasteiger partial charge in [0.15, 0.2) is 16.1 Å². The third-order valence-corrected chi connectivity index (χ3v) is 3.82. The molecule has 0 amide bonds. The van der Waals surface area contributed by atoms with Crippen molar-refractivity contribution in [2.24, 2.45) is 0 Å². The van der Waals surface area contributed by atoms with Crippen LogP contribution in [0, 0.1) is 13.8 Å². The van der Waals surface area contributed by atoms with Gasteiger partial charge in [-0.25, -0.2) is 0 Å². The average molecular weight is 279 g/mol. The van der Waals surface area contributed by atoms with Gasteiger partial charge in [-0.3, -0.25) is 9.78 Å². The van der Waals surface area contributed by atoms with Crippen LogP contribution in [0.3, 0.4) is 0 Å². The molecule has 0 bridgehead atoms. The lowest BCUT2D eigenvalue weighted by atomic mass is 10.1. The van der Waals surface area contributed by atoms with Crippen molar-refractivity contribution in [3.8, 4) is 0 Å². The molecule has 0 aliphatic rings. The second-order valence-electron chi connectivity index (χ2n) is 4.48. The van der Waals surface area contributed by atoms with Gasteiger partial charge in [0.1, 0.15) is 5.69 Å². The molecule has 0 aliphatic heterocycles. The zero-order chi connectivity index (χ0) is 14.2. The van der Waals surface area contributed by atoms with E-state index in [1.807, 2.05) is 6.92 Å². The van der Waals surface area contributed by atoms with Gasteiger partial charge in [0.25, 0.3) is 0 Å². The molecule has 0 fully saturated rings. The highest BCUT2D eigenvalue weighted by Crippen LogP contribution is 2.28. The number of aryl methyl sites for hydroxylation is 1. The standard InChI is InChI=1S/C14H17NO3S/c1-5-19-14-8(3)12(17)10-6-7(2)15-11(9(4)16)13(10)18-14/h6,9,16H,5H2,1-4H3. The molecule has 2 aromatic rings. The molecule has 0 spiro atoms.